The van der Waals surface area contributed by atoms with Gasteiger partial charge in [-0.1, -0.05) is 31.0 Å². The molecule has 22 heavy (non-hydrogen) atoms. The maximum atomic E-state index is 12.9. The van der Waals surface area contributed by atoms with Crippen LogP contribution in [0.2, 0.25) is 0 Å². The summed E-state index contributed by atoms with van der Waals surface area (Å²) in [6, 6.07) is 4.71. The second kappa shape index (κ2) is 6.17. The van der Waals surface area contributed by atoms with Crippen LogP contribution in [0.5, 0.6) is 0 Å². The summed E-state index contributed by atoms with van der Waals surface area (Å²) in [6.07, 6.45) is -1.63. The van der Waals surface area contributed by atoms with Gasteiger partial charge < -0.3 is 5.73 Å². The summed E-state index contributed by atoms with van der Waals surface area (Å²) in [4.78, 5) is 0. The molecule has 1 aromatic rings. The van der Waals surface area contributed by atoms with Crippen molar-refractivity contribution in [3.63, 3.8) is 0 Å². The Balaban J connectivity index is 2.23. The molecule has 0 atom stereocenters. The molecular weight excluding hydrogens is 317 g/mol. The molecule has 1 aliphatic carbocycles. The zero-order chi connectivity index (χ0) is 16.4. The van der Waals surface area contributed by atoms with E-state index in [4.69, 9.17) is 5.73 Å². The summed E-state index contributed by atoms with van der Waals surface area (Å²) in [7, 11) is -3.90. The molecule has 0 radical (unpaired) electrons. The second-order valence-corrected chi connectivity index (χ2v) is 7.43. The molecule has 0 spiro atoms. The smallest absolute Gasteiger partial charge is 0.329 e. The number of alkyl halides is 3. The van der Waals surface area contributed by atoms with Crippen molar-refractivity contribution in [3.8, 4) is 0 Å². The lowest BCUT2D eigenvalue weighted by Gasteiger charge is -2.28. The Labute approximate surface area is 127 Å². The number of nitrogens with two attached hydrogens (primary N) is 1. The Bertz CT molecular complexity index is 623. The van der Waals surface area contributed by atoms with Crippen LogP contribution < -0.4 is 10.5 Å². The number of hydrogen-bond acceptors (Lipinski definition) is 3. The number of sulfonamides is 1. The van der Waals surface area contributed by atoms with Crippen LogP contribution >= 0.6 is 0 Å². The summed E-state index contributed by atoms with van der Waals surface area (Å²) in [6.45, 7) is 0.146. The van der Waals surface area contributed by atoms with E-state index in [0.29, 0.717) is 12.8 Å². The number of halogens is 3. The van der Waals surface area contributed by atoms with Gasteiger partial charge in [-0.3, -0.25) is 0 Å². The molecule has 0 amide bonds. The highest BCUT2D eigenvalue weighted by Crippen LogP contribution is 2.33. The normalized spacial score (nSPS) is 18.5. The van der Waals surface area contributed by atoms with Crippen LogP contribution in [0.15, 0.2) is 24.3 Å². The fourth-order valence-corrected chi connectivity index (χ4v) is 4.57. The minimum absolute atomic E-state index is 0.146. The van der Waals surface area contributed by atoms with Crippen LogP contribution in [-0.2, 0) is 22.0 Å². The van der Waals surface area contributed by atoms with Crippen molar-refractivity contribution in [1.29, 1.82) is 0 Å². The first-order valence-corrected chi connectivity index (χ1v) is 8.70. The van der Waals surface area contributed by atoms with Crippen molar-refractivity contribution in [1.82, 2.24) is 4.72 Å². The molecule has 1 aromatic carbocycles. The SMILES string of the molecule is NCC1(NS(=O)(=O)Cc2ccccc2C(F)(F)F)CCCC1. The number of rotatable bonds is 5. The molecule has 0 unspecified atom stereocenters. The van der Waals surface area contributed by atoms with E-state index >= 15 is 0 Å². The maximum absolute atomic E-state index is 12.9. The average Bonchev–Trinajstić information content (AvgIpc) is 2.86. The van der Waals surface area contributed by atoms with Crippen LogP contribution in [0.4, 0.5) is 13.2 Å². The van der Waals surface area contributed by atoms with Crippen LogP contribution in [-0.4, -0.2) is 20.5 Å². The molecule has 0 aliphatic heterocycles. The topological polar surface area (TPSA) is 72.2 Å². The highest BCUT2D eigenvalue weighted by molar-refractivity contribution is 7.88. The largest absolute Gasteiger partial charge is 0.416 e. The number of benzene rings is 1. The van der Waals surface area contributed by atoms with Gasteiger partial charge in [0.1, 0.15) is 0 Å². The van der Waals surface area contributed by atoms with E-state index in [-0.39, 0.29) is 12.1 Å². The molecule has 1 aliphatic rings. The van der Waals surface area contributed by atoms with Gasteiger partial charge in [0.05, 0.1) is 11.3 Å². The lowest BCUT2D eigenvalue weighted by atomic mass is 10.0. The lowest BCUT2D eigenvalue weighted by molar-refractivity contribution is -0.138. The predicted octanol–water partition coefficient (Wildman–Crippen LogP) is 2.40. The summed E-state index contributed by atoms with van der Waals surface area (Å²) >= 11 is 0. The first-order valence-electron chi connectivity index (χ1n) is 7.04. The molecule has 0 heterocycles. The first kappa shape index (κ1) is 17.2. The van der Waals surface area contributed by atoms with Gasteiger partial charge in [0.15, 0.2) is 0 Å². The van der Waals surface area contributed by atoms with Crippen LogP contribution in [0.25, 0.3) is 0 Å². The zero-order valence-electron chi connectivity index (χ0n) is 12.0. The summed E-state index contributed by atoms with van der Waals surface area (Å²) < 4.78 is 65.9. The third-order valence-corrected chi connectivity index (χ3v) is 5.43. The Morgan fingerprint density at radius 3 is 2.32 bits per heavy atom. The van der Waals surface area contributed by atoms with Gasteiger partial charge in [0.2, 0.25) is 10.0 Å². The van der Waals surface area contributed by atoms with Gasteiger partial charge in [-0.2, -0.15) is 13.2 Å². The Morgan fingerprint density at radius 2 is 1.77 bits per heavy atom. The monoisotopic (exact) mass is 336 g/mol. The van der Waals surface area contributed by atoms with Gasteiger partial charge in [0.25, 0.3) is 0 Å². The molecule has 2 rings (SSSR count). The molecule has 8 heteroatoms. The van der Waals surface area contributed by atoms with Crippen molar-refractivity contribution >= 4 is 10.0 Å². The molecule has 124 valence electrons. The van der Waals surface area contributed by atoms with E-state index in [1.165, 1.54) is 18.2 Å². The second-order valence-electron chi connectivity index (χ2n) is 5.71. The quantitative estimate of drug-likeness (QED) is 0.867. The summed E-state index contributed by atoms with van der Waals surface area (Å²) in [5.74, 6) is -0.704. The van der Waals surface area contributed by atoms with Gasteiger partial charge >= 0.3 is 6.18 Å². The van der Waals surface area contributed by atoms with Crippen LogP contribution in [0.3, 0.4) is 0 Å². The van der Waals surface area contributed by atoms with Crippen LogP contribution in [0, 0.1) is 0 Å². The highest BCUT2D eigenvalue weighted by Gasteiger charge is 2.38. The van der Waals surface area contributed by atoms with Crippen LogP contribution in [0.1, 0.15) is 36.8 Å². The summed E-state index contributed by atoms with van der Waals surface area (Å²) in [5.41, 5.74) is 3.77. The zero-order valence-corrected chi connectivity index (χ0v) is 12.8. The van der Waals surface area contributed by atoms with Gasteiger partial charge in [-0.05, 0) is 24.5 Å². The molecule has 0 bridgehead atoms. The maximum Gasteiger partial charge on any atom is 0.416 e. The van der Waals surface area contributed by atoms with Gasteiger partial charge in [-0.15, -0.1) is 0 Å². The fraction of sp³-hybridized carbons (Fsp3) is 0.571. The number of hydrogen-bond donors (Lipinski definition) is 2. The predicted molar refractivity (Wildman–Crippen MR) is 77.5 cm³/mol. The number of nitrogens with one attached hydrogen (secondary N) is 1. The van der Waals surface area contributed by atoms with Crippen molar-refractivity contribution < 1.29 is 21.6 Å². The fourth-order valence-electron chi connectivity index (χ4n) is 2.89. The van der Waals surface area contributed by atoms with Crippen molar-refractivity contribution in [2.45, 2.75) is 43.2 Å². The third-order valence-electron chi connectivity index (χ3n) is 3.99. The Morgan fingerprint density at radius 1 is 1.18 bits per heavy atom. The Hall–Kier alpha value is -1.12. The molecular formula is C14H19F3N2O2S. The van der Waals surface area contributed by atoms with E-state index in [0.717, 1.165) is 18.9 Å². The molecule has 0 aromatic heterocycles. The highest BCUT2D eigenvalue weighted by atomic mass is 32.2. The van der Waals surface area contributed by atoms with E-state index < -0.39 is 33.1 Å². The molecule has 3 N–H and O–H groups in total. The van der Waals surface area contributed by atoms with E-state index in [9.17, 15) is 21.6 Å². The van der Waals surface area contributed by atoms with Crippen molar-refractivity contribution in [2.24, 2.45) is 5.73 Å². The first-order chi connectivity index (χ1) is 10.2. The molecule has 0 saturated heterocycles. The molecule has 1 saturated carbocycles. The summed E-state index contributed by atoms with van der Waals surface area (Å²) in [5, 5.41) is 0. The van der Waals surface area contributed by atoms with Gasteiger partial charge in [-0.25, -0.2) is 13.1 Å². The molecule has 1 fully saturated rings. The standard InChI is InChI=1S/C14H19F3N2O2S/c15-14(16,17)12-6-2-1-5-11(12)9-22(20,21)19-13(10-18)7-3-4-8-13/h1-2,5-6,19H,3-4,7-10,18H2. The van der Waals surface area contributed by atoms with Gasteiger partial charge in [0, 0.05) is 12.1 Å². The minimum Gasteiger partial charge on any atom is -0.329 e. The Kier molecular flexibility index (Phi) is 4.84. The van der Waals surface area contributed by atoms with E-state index in [2.05, 4.69) is 4.72 Å². The lowest BCUT2D eigenvalue weighted by Crippen LogP contribution is -2.51. The van der Waals surface area contributed by atoms with E-state index in [1.807, 2.05) is 0 Å². The van der Waals surface area contributed by atoms with E-state index in [1.54, 1.807) is 0 Å². The molecule has 4 nitrogen and oxygen atoms in total. The average molecular weight is 336 g/mol. The van der Waals surface area contributed by atoms with Crippen molar-refractivity contribution in [3.05, 3.63) is 35.4 Å². The minimum atomic E-state index is -4.58. The van der Waals surface area contributed by atoms with Crippen molar-refractivity contribution in [2.75, 3.05) is 6.54 Å². The third kappa shape index (κ3) is 3.99.